The number of rotatable bonds is 6. The number of halogens is 2. The summed E-state index contributed by atoms with van der Waals surface area (Å²) in [6.45, 7) is 0. The number of ether oxygens (including phenoxy) is 4. The van der Waals surface area contributed by atoms with E-state index in [2.05, 4.69) is 0 Å². The monoisotopic (exact) mass is 461 g/mol. The highest BCUT2D eigenvalue weighted by Gasteiger charge is 2.37. The molecule has 1 aliphatic rings. The highest BCUT2D eigenvalue weighted by atomic mass is 35.5. The Bertz CT molecular complexity index is 1080. The van der Waals surface area contributed by atoms with Crippen molar-refractivity contribution in [2.45, 2.75) is 5.92 Å². The molecule has 2 aromatic rings. The number of esters is 2. The number of nitrogens with zero attached hydrogens (tertiary/aromatic N) is 1. The third-order valence-corrected chi connectivity index (χ3v) is 5.26. The van der Waals surface area contributed by atoms with Gasteiger partial charge in [-0.3, -0.25) is 0 Å². The predicted molar refractivity (Wildman–Crippen MR) is 116 cm³/mol. The molecule has 9 heteroatoms. The molecule has 0 bridgehead atoms. The fraction of sp³-hybridized carbons (Fsp3) is 0.217. The number of benzene rings is 2. The first-order valence-electron chi connectivity index (χ1n) is 9.40. The van der Waals surface area contributed by atoms with Gasteiger partial charge in [0.15, 0.2) is 0 Å². The van der Waals surface area contributed by atoms with E-state index in [-0.39, 0.29) is 16.2 Å². The van der Waals surface area contributed by atoms with Crippen molar-refractivity contribution >= 4 is 29.2 Å². The van der Waals surface area contributed by atoms with Gasteiger partial charge in [0.05, 0.1) is 50.5 Å². The Morgan fingerprint density at radius 3 is 2.03 bits per heavy atom. The van der Waals surface area contributed by atoms with Crippen molar-refractivity contribution in [2.24, 2.45) is 0 Å². The van der Waals surface area contributed by atoms with Gasteiger partial charge >= 0.3 is 11.9 Å². The van der Waals surface area contributed by atoms with Gasteiger partial charge in [0.25, 0.3) is 0 Å². The Kier molecular flexibility index (Phi) is 7.05. The van der Waals surface area contributed by atoms with Crippen LogP contribution >= 0.6 is 11.6 Å². The number of carbonyl (C=O) groups excluding carboxylic acids is 2. The van der Waals surface area contributed by atoms with Gasteiger partial charge in [0.1, 0.15) is 17.3 Å². The van der Waals surface area contributed by atoms with Crippen LogP contribution in [0, 0.1) is 5.82 Å². The SMILES string of the molecule is COC(=O)C1=CN(c2ccc(F)c(Cl)c2)C=C(C(=O)OC)C1c1ccc(OC)cc1OC. The second-order valence-electron chi connectivity index (χ2n) is 6.70. The largest absolute Gasteiger partial charge is 0.497 e. The summed E-state index contributed by atoms with van der Waals surface area (Å²) in [5.41, 5.74) is 1.23. The molecule has 0 aliphatic carbocycles. The first-order valence-corrected chi connectivity index (χ1v) is 9.77. The van der Waals surface area contributed by atoms with Crippen LogP contribution in [0.25, 0.3) is 0 Å². The molecule has 7 nitrogen and oxygen atoms in total. The summed E-state index contributed by atoms with van der Waals surface area (Å²) < 4.78 is 34.4. The van der Waals surface area contributed by atoms with Crippen LogP contribution in [-0.2, 0) is 19.1 Å². The van der Waals surface area contributed by atoms with E-state index >= 15 is 0 Å². The highest BCUT2D eigenvalue weighted by molar-refractivity contribution is 6.31. The second kappa shape index (κ2) is 9.74. The summed E-state index contributed by atoms with van der Waals surface area (Å²) in [7, 11) is 5.46. The van der Waals surface area contributed by atoms with Crippen LogP contribution in [-0.4, -0.2) is 40.4 Å². The zero-order valence-corrected chi connectivity index (χ0v) is 18.6. The Hall–Kier alpha value is -3.52. The van der Waals surface area contributed by atoms with Crippen LogP contribution in [0.1, 0.15) is 11.5 Å². The second-order valence-corrected chi connectivity index (χ2v) is 7.11. The molecule has 32 heavy (non-hydrogen) atoms. The third kappa shape index (κ3) is 4.40. The molecule has 1 aliphatic heterocycles. The smallest absolute Gasteiger partial charge is 0.336 e. The van der Waals surface area contributed by atoms with Crippen molar-refractivity contribution in [2.75, 3.05) is 33.3 Å². The van der Waals surface area contributed by atoms with Gasteiger partial charge in [-0.05, 0) is 24.3 Å². The first kappa shape index (κ1) is 23.1. The Balaban J connectivity index is 2.23. The van der Waals surface area contributed by atoms with Gasteiger partial charge in [0.2, 0.25) is 0 Å². The van der Waals surface area contributed by atoms with Crippen molar-refractivity contribution in [1.29, 1.82) is 0 Å². The Labute approximate surface area is 189 Å². The summed E-state index contributed by atoms with van der Waals surface area (Å²) in [4.78, 5) is 27.0. The molecule has 0 aromatic heterocycles. The van der Waals surface area contributed by atoms with E-state index in [1.165, 1.54) is 63.9 Å². The molecule has 2 aromatic carbocycles. The van der Waals surface area contributed by atoms with E-state index in [9.17, 15) is 14.0 Å². The maximum atomic E-state index is 13.7. The minimum atomic E-state index is -0.858. The molecule has 0 radical (unpaired) electrons. The molecule has 0 saturated heterocycles. The van der Waals surface area contributed by atoms with Gasteiger partial charge in [-0.25, -0.2) is 14.0 Å². The Morgan fingerprint density at radius 1 is 0.906 bits per heavy atom. The van der Waals surface area contributed by atoms with E-state index in [4.69, 9.17) is 30.5 Å². The standard InChI is InChI=1S/C23H21ClFNO6/c1-29-14-6-7-15(20(10-14)30-2)21-16(22(27)31-3)11-26(12-17(21)23(28)32-4)13-5-8-19(25)18(24)9-13/h5-12,21H,1-4H3. The molecule has 0 atom stereocenters. The van der Waals surface area contributed by atoms with E-state index in [1.54, 1.807) is 18.2 Å². The van der Waals surface area contributed by atoms with Gasteiger partial charge in [-0.2, -0.15) is 0 Å². The number of hydrogen-bond acceptors (Lipinski definition) is 7. The van der Waals surface area contributed by atoms with Crippen LogP contribution in [0.2, 0.25) is 5.02 Å². The van der Waals surface area contributed by atoms with Gasteiger partial charge in [-0.15, -0.1) is 0 Å². The fourth-order valence-corrected chi connectivity index (χ4v) is 3.59. The molecule has 0 spiro atoms. The first-order chi connectivity index (χ1) is 15.3. The normalized spacial score (nSPS) is 13.8. The number of hydrogen-bond donors (Lipinski definition) is 0. The van der Waals surface area contributed by atoms with Crippen LogP contribution < -0.4 is 14.4 Å². The molecule has 168 valence electrons. The van der Waals surface area contributed by atoms with Crippen LogP contribution in [0.3, 0.4) is 0 Å². The lowest BCUT2D eigenvalue weighted by atomic mass is 9.82. The van der Waals surface area contributed by atoms with Gasteiger partial charge in [0, 0.05) is 29.7 Å². The maximum absolute atomic E-state index is 13.7. The fourth-order valence-electron chi connectivity index (χ4n) is 3.42. The van der Waals surface area contributed by atoms with Crippen LogP contribution in [0.5, 0.6) is 11.5 Å². The topological polar surface area (TPSA) is 74.3 Å². The van der Waals surface area contributed by atoms with Crippen molar-refractivity contribution in [1.82, 2.24) is 0 Å². The lowest BCUT2D eigenvalue weighted by Crippen LogP contribution is -2.29. The average molecular weight is 462 g/mol. The molecular formula is C23H21ClFNO6. The molecule has 0 saturated carbocycles. The molecule has 0 fully saturated rings. The van der Waals surface area contributed by atoms with Crippen molar-refractivity contribution < 1.29 is 32.9 Å². The minimum absolute atomic E-state index is 0.109. The molecular weight excluding hydrogens is 441 g/mol. The van der Waals surface area contributed by atoms with Crippen LogP contribution in [0.4, 0.5) is 10.1 Å². The van der Waals surface area contributed by atoms with E-state index in [1.807, 2.05) is 0 Å². The highest BCUT2D eigenvalue weighted by Crippen LogP contribution is 2.43. The quantitative estimate of drug-likeness (QED) is 0.596. The van der Waals surface area contributed by atoms with E-state index < -0.39 is 23.7 Å². The molecule has 0 amide bonds. The number of anilines is 1. The lowest BCUT2D eigenvalue weighted by molar-refractivity contribution is -0.137. The van der Waals surface area contributed by atoms with E-state index in [0.717, 1.165) is 0 Å². The molecule has 0 N–H and O–H groups in total. The average Bonchev–Trinajstić information content (AvgIpc) is 2.83. The summed E-state index contributed by atoms with van der Waals surface area (Å²) in [5, 5.41) is -0.109. The molecule has 0 unspecified atom stereocenters. The summed E-state index contributed by atoms with van der Waals surface area (Å²) in [5.74, 6) is -1.85. The number of methoxy groups -OCH3 is 4. The van der Waals surface area contributed by atoms with Gasteiger partial charge in [-0.1, -0.05) is 17.7 Å². The predicted octanol–water partition coefficient (Wildman–Crippen LogP) is 4.21. The zero-order chi connectivity index (χ0) is 23.4. The Morgan fingerprint density at radius 2 is 1.53 bits per heavy atom. The minimum Gasteiger partial charge on any atom is -0.497 e. The van der Waals surface area contributed by atoms with E-state index in [0.29, 0.717) is 22.7 Å². The lowest BCUT2D eigenvalue weighted by Gasteiger charge is -2.31. The molecule has 3 rings (SSSR count). The van der Waals surface area contributed by atoms with Crippen molar-refractivity contribution in [3.8, 4) is 11.5 Å². The number of carbonyl (C=O) groups is 2. The molecule has 1 heterocycles. The summed E-state index contributed by atoms with van der Waals surface area (Å²) in [6.07, 6.45) is 2.99. The van der Waals surface area contributed by atoms with Crippen molar-refractivity contribution in [3.63, 3.8) is 0 Å². The third-order valence-electron chi connectivity index (χ3n) is 4.97. The van der Waals surface area contributed by atoms with Crippen LogP contribution in [0.15, 0.2) is 59.9 Å². The summed E-state index contributed by atoms with van der Waals surface area (Å²) in [6, 6.07) is 9.06. The zero-order valence-electron chi connectivity index (χ0n) is 17.8. The maximum Gasteiger partial charge on any atom is 0.336 e. The van der Waals surface area contributed by atoms with Gasteiger partial charge < -0.3 is 23.8 Å². The summed E-state index contributed by atoms with van der Waals surface area (Å²) >= 11 is 5.92. The van der Waals surface area contributed by atoms with Crippen molar-refractivity contribution in [3.05, 3.63) is 76.3 Å².